The molecule has 0 amide bonds. The molecule has 0 aliphatic rings. The molecule has 0 saturated heterocycles. The van der Waals surface area contributed by atoms with E-state index in [4.69, 9.17) is 23.0 Å². The highest BCUT2D eigenvalue weighted by atomic mass is 31.2. The number of nitrogens with one attached hydrogen (secondary N) is 1. The normalized spacial score (nSPS) is 11.2. The van der Waals surface area contributed by atoms with Gasteiger partial charge in [0.25, 0.3) is 0 Å². The summed E-state index contributed by atoms with van der Waals surface area (Å²) in [5, 5.41) is 0. The predicted octanol–water partition coefficient (Wildman–Crippen LogP) is 13.8. The minimum atomic E-state index is -1.06. The molecule has 0 unspecified atom stereocenters. The predicted molar refractivity (Wildman–Crippen MR) is 232 cm³/mol. The summed E-state index contributed by atoms with van der Waals surface area (Å²) in [6, 6.07) is 0. The minimum Gasteiger partial charge on any atom is -0.379 e. The molecule has 0 aromatic heterocycles. The van der Waals surface area contributed by atoms with Gasteiger partial charge in [0.05, 0.1) is 41.0 Å². The van der Waals surface area contributed by atoms with Crippen molar-refractivity contribution in [3.63, 3.8) is 0 Å². The monoisotopic (exact) mass is 765 g/mol. The Morgan fingerprint density at radius 2 is 0.538 bits per heavy atom. The molecule has 0 radical (unpaired) electrons. The molecule has 318 valence electrons. The third kappa shape index (κ3) is 62.2. The average molecular weight is 765 g/mol. The van der Waals surface area contributed by atoms with Crippen molar-refractivity contribution in [3.05, 3.63) is 0 Å². The molecule has 0 fully saturated rings. The van der Waals surface area contributed by atoms with Crippen LogP contribution in [-0.2, 0) is 23.0 Å². The molecule has 0 bridgehead atoms. The third-order valence-corrected chi connectivity index (χ3v) is 10.3. The van der Waals surface area contributed by atoms with Gasteiger partial charge in [0.1, 0.15) is 0 Å². The number of ether oxygens (including phenoxy) is 2. The SMILES string of the molecule is CCCCCCCCCCCCCCCCCCOCCOCCCCCCCCCCCCCCCCCC.CCOP(OC)OC.C[NH+](C)C. The first-order valence-corrected chi connectivity index (χ1v) is 24.0. The van der Waals surface area contributed by atoms with Gasteiger partial charge in [-0.1, -0.05) is 206 Å². The number of quaternary nitrogens is 1. The smallest absolute Gasteiger partial charge is 0.332 e. The average Bonchev–Trinajstić information content (AvgIpc) is 3.13. The zero-order valence-corrected chi connectivity index (χ0v) is 38.0. The second-order valence-electron chi connectivity index (χ2n) is 15.3. The maximum atomic E-state index is 5.76. The van der Waals surface area contributed by atoms with Crippen molar-refractivity contribution in [1.29, 1.82) is 0 Å². The van der Waals surface area contributed by atoms with Gasteiger partial charge in [-0.15, -0.1) is 0 Å². The van der Waals surface area contributed by atoms with E-state index in [0.29, 0.717) is 6.61 Å². The summed E-state index contributed by atoms with van der Waals surface area (Å²) in [6.07, 6.45) is 45.5. The Kier molecular flexibility index (Phi) is 60.4. The van der Waals surface area contributed by atoms with Crippen LogP contribution < -0.4 is 4.90 Å². The molecule has 0 spiro atoms. The largest absolute Gasteiger partial charge is 0.379 e. The molecule has 0 aromatic rings. The van der Waals surface area contributed by atoms with Crippen molar-refractivity contribution in [1.82, 2.24) is 0 Å². The number of hydrogen-bond acceptors (Lipinski definition) is 5. The van der Waals surface area contributed by atoms with Gasteiger partial charge >= 0.3 is 8.60 Å². The minimum absolute atomic E-state index is 0.632. The first-order chi connectivity index (χ1) is 25.5. The molecule has 0 heterocycles. The fourth-order valence-electron chi connectivity index (χ4n) is 6.11. The van der Waals surface area contributed by atoms with Gasteiger partial charge < -0.3 is 27.9 Å². The van der Waals surface area contributed by atoms with Gasteiger partial charge in [0.2, 0.25) is 0 Å². The van der Waals surface area contributed by atoms with Gasteiger partial charge in [-0.2, -0.15) is 0 Å². The van der Waals surface area contributed by atoms with Crippen molar-refractivity contribution in [2.45, 2.75) is 226 Å². The lowest BCUT2D eigenvalue weighted by atomic mass is 10.0. The lowest BCUT2D eigenvalue weighted by Gasteiger charge is -2.08. The van der Waals surface area contributed by atoms with Crippen LogP contribution in [0.3, 0.4) is 0 Å². The molecule has 6 nitrogen and oxygen atoms in total. The summed E-state index contributed by atoms with van der Waals surface area (Å²) < 4.78 is 26.0. The van der Waals surface area contributed by atoms with E-state index in [1.165, 1.54) is 210 Å². The topological polar surface area (TPSA) is 50.6 Å². The van der Waals surface area contributed by atoms with Crippen LogP contribution in [0.5, 0.6) is 0 Å². The Balaban J connectivity index is -0.00000170. The fraction of sp³-hybridized carbons (Fsp3) is 1.00. The van der Waals surface area contributed by atoms with E-state index in [1.807, 2.05) is 6.92 Å². The Morgan fingerprint density at radius 3 is 0.712 bits per heavy atom. The summed E-state index contributed by atoms with van der Waals surface area (Å²) in [7, 11) is 8.31. The van der Waals surface area contributed by atoms with Crippen LogP contribution in [0.2, 0.25) is 0 Å². The maximum Gasteiger partial charge on any atom is 0.332 e. The van der Waals surface area contributed by atoms with Crippen molar-refractivity contribution in [2.24, 2.45) is 0 Å². The van der Waals surface area contributed by atoms with E-state index in [-0.39, 0.29) is 0 Å². The molecule has 7 heteroatoms. The highest BCUT2D eigenvalue weighted by Gasteiger charge is 2.03. The van der Waals surface area contributed by atoms with Crippen LogP contribution in [0.25, 0.3) is 0 Å². The molecule has 0 aromatic carbocycles. The standard InChI is InChI=1S/C38H78O2.C4H11O3P.C3H9N/c1-3-5-7-9-11-13-15-17-19-21-23-25-27-29-31-33-35-39-37-38-40-36-34-32-30-28-26-24-22-20-18-16-14-12-10-8-6-4-2;1-4-7-8(5-2)6-3;1-4(2)3/h3-38H2,1-2H3;4H2,1-3H3;1-3H3/p+1. The number of unbranched alkanes of at least 4 members (excludes halogenated alkanes) is 30. The van der Waals surface area contributed by atoms with Crippen molar-refractivity contribution in [2.75, 3.05) is 68.4 Å². The molecule has 0 aliphatic carbocycles. The quantitative estimate of drug-likeness (QED) is 0.0496. The van der Waals surface area contributed by atoms with Crippen molar-refractivity contribution in [3.8, 4) is 0 Å². The zero-order valence-electron chi connectivity index (χ0n) is 37.2. The molecule has 0 aliphatic heterocycles. The molecule has 0 rings (SSSR count). The van der Waals surface area contributed by atoms with Crippen molar-refractivity contribution >= 4 is 8.60 Å². The lowest BCUT2D eigenvalue weighted by molar-refractivity contribution is -0.836. The van der Waals surface area contributed by atoms with E-state index >= 15 is 0 Å². The summed E-state index contributed by atoms with van der Waals surface area (Å²) in [5.41, 5.74) is 0. The van der Waals surface area contributed by atoms with E-state index in [1.54, 1.807) is 14.2 Å². The molecule has 52 heavy (non-hydrogen) atoms. The Morgan fingerprint density at radius 1 is 0.327 bits per heavy atom. The van der Waals surface area contributed by atoms with Crippen LogP contribution in [0, 0.1) is 0 Å². The Labute approximate surface area is 330 Å². The van der Waals surface area contributed by atoms with E-state index < -0.39 is 8.60 Å². The highest BCUT2D eigenvalue weighted by Crippen LogP contribution is 2.36. The summed E-state index contributed by atoms with van der Waals surface area (Å²) in [6.45, 7) is 10.5. The summed E-state index contributed by atoms with van der Waals surface area (Å²) in [4.78, 5) is 1.42. The van der Waals surface area contributed by atoms with E-state index in [9.17, 15) is 0 Å². The van der Waals surface area contributed by atoms with Crippen LogP contribution in [0.15, 0.2) is 0 Å². The first-order valence-electron chi connectivity index (χ1n) is 22.9. The third-order valence-electron chi connectivity index (χ3n) is 9.19. The van der Waals surface area contributed by atoms with Gasteiger partial charge in [0, 0.05) is 27.4 Å². The number of rotatable bonds is 41. The van der Waals surface area contributed by atoms with Crippen LogP contribution in [-0.4, -0.2) is 68.4 Å². The van der Waals surface area contributed by atoms with E-state index in [0.717, 1.165) is 26.4 Å². The van der Waals surface area contributed by atoms with Gasteiger partial charge in [-0.05, 0) is 19.8 Å². The Bertz CT molecular complexity index is 527. The van der Waals surface area contributed by atoms with Crippen LogP contribution in [0.4, 0.5) is 0 Å². The van der Waals surface area contributed by atoms with Crippen LogP contribution >= 0.6 is 8.60 Å². The van der Waals surface area contributed by atoms with Crippen LogP contribution in [0.1, 0.15) is 226 Å². The zero-order chi connectivity index (χ0) is 38.9. The maximum absolute atomic E-state index is 5.76. The summed E-state index contributed by atoms with van der Waals surface area (Å²) in [5.74, 6) is 0. The van der Waals surface area contributed by atoms with Crippen molar-refractivity contribution < 1.29 is 27.9 Å². The van der Waals surface area contributed by atoms with Gasteiger partial charge in [-0.3, -0.25) is 0 Å². The second-order valence-corrected chi connectivity index (χ2v) is 16.8. The molecule has 0 atom stereocenters. The highest BCUT2D eigenvalue weighted by molar-refractivity contribution is 7.41. The second kappa shape index (κ2) is 55.5. The fourth-order valence-corrected chi connectivity index (χ4v) is 6.68. The Hall–Kier alpha value is 0.190. The molecular weight excluding hydrogens is 665 g/mol. The molecule has 0 saturated carbocycles. The van der Waals surface area contributed by atoms with E-state index in [2.05, 4.69) is 35.0 Å². The van der Waals surface area contributed by atoms with Gasteiger partial charge in [0.15, 0.2) is 0 Å². The first kappa shape index (κ1) is 56.5. The van der Waals surface area contributed by atoms with Gasteiger partial charge in [-0.25, -0.2) is 0 Å². The lowest BCUT2D eigenvalue weighted by Crippen LogP contribution is -3.02. The molecular formula is C45H99NO5P+. The number of hydrogen-bond donors (Lipinski definition) is 1. The summed E-state index contributed by atoms with van der Waals surface area (Å²) >= 11 is 0. The molecule has 1 N–H and O–H groups in total.